The van der Waals surface area contributed by atoms with Crippen LogP contribution in [-0.2, 0) is 19.7 Å². The van der Waals surface area contributed by atoms with Crippen molar-refractivity contribution < 1.29 is 18.7 Å². The van der Waals surface area contributed by atoms with Gasteiger partial charge in [0, 0.05) is 29.8 Å². The number of allylic oxidation sites excluding steroid dienone is 3. The number of hydrogen-bond donors (Lipinski definition) is 0. The van der Waals surface area contributed by atoms with Gasteiger partial charge in [-0.25, -0.2) is 4.39 Å². The van der Waals surface area contributed by atoms with Crippen molar-refractivity contribution in [2.24, 2.45) is 0 Å². The van der Waals surface area contributed by atoms with E-state index in [0.717, 1.165) is 12.8 Å². The molecule has 0 aromatic carbocycles. The molecule has 1 unspecified atom stereocenters. The maximum atomic E-state index is 15.0. The molecule has 1 aromatic heterocycles. The van der Waals surface area contributed by atoms with Crippen LogP contribution in [0.1, 0.15) is 31.6 Å². The smallest absolute Gasteiger partial charge is 0.324 e. The Morgan fingerprint density at radius 3 is 2.69 bits per heavy atom. The van der Waals surface area contributed by atoms with Gasteiger partial charge in [0.15, 0.2) is 5.41 Å². The Morgan fingerprint density at radius 2 is 2.12 bits per heavy atom. The predicted molar refractivity (Wildman–Crippen MR) is 98.8 cm³/mol. The number of nitrogens with zero attached hydrogens (tertiary/aromatic N) is 1. The lowest BCUT2D eigenvalue weighted by Crippen LogP contribution is -2.49. The summed E-state index contributed by atoms with van der Waals surface area (Å²) in [7, 11) is 2.11. The molecule has 0 spiro atoms. The molecule has 4 nitrogen and oxygen atoms in total. The van der Waals surface area contributed by atoms with Gasteiger partial charge in [-0.1, -0.05) is 18.2 Å². The molecule has 4 heterocycles. The van der Waals surface area contributed by atoms with Crippen molar-refractivity contribution >= 4 is 17.3 Å². The lowest BCUT2D eigenvalue weighted by Gasteiger charge is -2.39. The molecule has 3 saturated heterocycles. The molecule has 0 aliphatic carbocycles. The molecule has 2 bridgehead atoms. The minimum absolute atomic E-state index is 0.182. The number of thiophene rings is 1. The summed E-state index contributed by atoms with van der Waals surface area (Å²) in [6.07, 6.45) is 6.57. The highest BCUT2D eigenvalue weighted by Gasteiger charge is 2.63. The summed E-state index contributed by atoms with van der Waals surface area (Å²) >= 11 is 1.37. The average molecular weight is 377 g/mol. The second-order valence-corrected chi connectivity index (χ2v) is 8.45. The maximum Gasteiger partial charge on any atom is 0.324 e. The Labute approximate surface area is 157 Å². The van der Waals surface area contributed by atoms with E-state index in [9.17, 15) is 9.18 Å². The Hall–Kier alpha value is -1.50. The maximum absolute atomic E-state index is 15.0. The summed E-state index contributed by atoms with van der Waals surface area (Å²) in [5, 5.41) is 1.85. The van der Waals surface area contributed by atoms with Gasteiger partial charge in [-0.3, -0.25) is 9.69 Å². The molecule has 6 heteroatoms. The molecule has 3 aliphatic rings. The van der Waals surface area contributed by atoms with Gasteiger partial charge in [0.25, 0.3) is 0 Å². The van der Waals surface area contributed by atoms with Crippen LogP contribution in [0, 0.1) is 0 Å². The van der Waals surface area contributed by atoms with Crippen molar-refractivity contribution in [1.29, 1.82) is 0 Å². The van der Waals surface area contributed by atoms with E-state index in [4.69, 9.17) is 9.47 Å². The fourth-order valence-electron chi connectivity index (χ4n) is 4.29. The first-order valence-corrected chi connectivity index (χ1v) is 9.96. The van der Waals surface area contributed by atoms with E-state index in [0.29, 0.717) is 17.0 Å². The van der Waals surface area contributed by atoms with Gasteiger partial charge in [0.1, 0.15) is 24.1 Å². The van der Waals surface area contributed by atoms with Crippen LogP contribution in [0.15, 0.2) is 41.6 Å². The summed E-state index contributed by atoms with van der Waals surface area (Å²) in [6.45, 7) is 3.42. The number of likely N-dealkylation sites (N-methyl/N-ethyl adjacent to an activating group) is 1. The van der Waals surface area contributed by atoms with Crippen LogP contribution in [-0.4, -0.2) is 48.3 Å². The zero-order valence-corrected chi connectivity index (χ0v) is 16.0. The van der Waals surface area contributed by atoms with E-state index in [1.165, 1.54) is 17.4 Å². The fraction of sp³-hybridized carbons (Fsp3) is 0.550. The molecule has 3 aliphatic heterocycles. The highest BCUT2D eigenvalue weighted by Crippen LogP contribution is 2.48. The quantitative estimate of drug-likeness (QED) is 0.447. The van der Waals surface area contributed by atoms with Crippen LogP contribution in [0.2, 0.25) is 0 Å². The van der Waals surface area contributed by atoms with E-state index in [1.807, 2.05) is 18.4 Å². The SMILES string of the molecule is C/C=C\C=C(/F)C(C)(C(=O)O[C@H]1C[C@H]2[C@@H]3O[C@@H]3[C@H](C1)N2C)c1cccs1. The van der Waals surface area contributed by atoms with E-state index < -0.39 is 17.2 Å². The zero-order chi connectivity index (χ0) is 18.5. The van der Waals surface area contributed by atoms with Gasteiger partial charge >= 0.3 is 5.97 Å². The lowest BCUT2D eigenvalue weighted by atomic mass is 9.86. The van der Waals surface area contributed by atoms with Crippen LogP contribution < -0.4 is 0 Å². The van der Waals surface area contributed by atoms with Gasteiger partial charge in [0.05, 0.1) is 0 Å². The van der Waals surface area contributed by atoms with Gasteiger partial charge in [-0.15, -0.1) is 11.3 Å². The number of hydrogen-bond acceptors (Lipinski definition) is 5. The van der Waals surface area contributed by atoms with Crippen LogP contribution in [0.25, 0.3) is 0 Å². The average Bonchev–Trinajstić information content (AvgIpc) is 3.17. The summed E-state index contributed by atoms with van der Waals surface area (Å²) in [4.78, 5) is 16.1. The van der Waals surface area contributed by atoms with E-state index in [2.05, 4.69) is 11.9 Å². The van der Waals surface area contributed by atoms with Gasteiger partial charge < -0.3 is 9.47 Å². The minimum atomic E-state index is -1.41. The Bertz CT molecular complexity index is 728. The Morgan fingerprint density at radius 1 is 1.42 bits per heavy atom. The highest BCUT2D eigenvalue weighted by atomic mass is 32.1. The van der Waals surface area contributed by atoms with Crippen LogP contribution in [0.3, 0.4) is 0 Å². The summed E-state index contributed by atoms with van der Waals surface area (Å²) in [5.41, 5.74) is -1.41. The molecule has 0 saturated carbocycles. The first kappa shape index (κ1) is 17.9. The number of morpholine rings is 1. The second-order valence-electron chi connectivity index (χ2n) is 7.51. The number of carbonyl (C=O) groups is 1. The zero-order valence-electron chi connectivity index (χ0n) is 15.2. The monoisotopic (exact) mass is 377 g/mol. The van der Waals surface area contributed by atoms with Crippen molar-refractivity contribution in [3.05, 3.63) is 46.4 Å². The molecule has 0 radical (unpaired) electrons. The lowest BCUT2D eigenvalue weighted by molar-refractivity contribution is -0.159. The Balaban J connectivity index is 1.54. The predicted octanol–water partition coefficient (Wildman–Crippen LogP) is 3.59. The second kappa shape index (κ2) is 6.59. The number of halogens is 1. The summed E-state index contributed by atoms with van der Waals surface area (Å²) in [6, 6.07) is 4.21. The summed E-state index contributed by atoms with van der Waals surface area (Å²) in [5.74, 6) is -1.01. The number of carbonyl (C=O) groups excluding carboxylic acids is 1. The van der Waals surface area contributed by atoms with Gasteiger partial charge in [-0.05, 0) is 38.4 Å². The van der Waals surface area contributed by atoms with E-state index in [-0.39, 0.29) is 18.3 Å². The largest absolute Gasteiger partial charge is 0.461 e. The van der Waals surface area contributed by atoms with Gasteiger partial charge in [0.2, 0.25) is 0 Å². The number of piperidine rings is 1. The number of esters is 1. The molecule has 0 N–H and O–H groups in total. The van der Waals surface area contributed by atoms with E-state index in [1.54, 1.807) is 25.1 Å². The van der Waals surface area contributed by atoms with Crippen LogP contribution in [0.5, 0.6) is 0 Å². The Kier molecular flexibility index (Phi) is 4.53. The van der Waals surface area contributed by atoms with E-state index >= 15 is 0 Å². The molecule has 3 fully saturated rings. The number of fused-ring (bicyclic) bond motifs is 5. The fourth-order valence-corrected chi connectivity index (χ4v) is 5.17. The third-order valence-electron chi connectivity index (χ3n) is 5.98. The van der Waals surface area contributed by atoms with Gasteiger partial charge in [-0.2, -0.15) is 0 Å². The number of rotatable bonds is 5. The van der Waals surface area contributed by atoms with Crippen molar-refractivity contribution in [3.8, 4) is 0 Å². The molecule has 140 valence electrons. The normalized spacial score (nSPS) is 36.0. The first-order chi connectivity index (χ1) is 12.5. The number of epoxide rings is 1. The molecule has 6 atom stereocenters. The van der Waals surface area contributed by atoms with Crippen LogP contribution in [0.4, 0.5) is 4.39 Å². The minimum Gasteiger partial charge on any atom is -0.461 e. The van der Waals surface area contributed by atoms with Crippen molar-refractivity contribution in [3.63, 3.8) is 0 Å². The molecule has 1 aromatic rings. The third kappa shape index (κ3) is 2.75. The molecular weight excluding hydrogens is 353 g/mol. The van der Waals surface area contributed by atoms with Crippen molar-refractivity contribution in [1.82, 2.24) is 4.90 Å². The first-order valence-electron chi connectivity index (χ1n) is 9.08. The van der Waals surface area contributed by atoms with Crippen molar-refractivity contribution in [2.75, 3.05) is 7.05 Å². The number of ether oxygens (including phenoxy) is 2. The third-order valence-corrected chi connectivity index (χ3v) is 7.08. The molecule has 26 heavy (non-hydrogen) atoms. The summed E-state index contributed by atoms with van der Waals surface area (Å²) < 4.78 is 26.5. The molecule has 4 rings (SSSR count). The topological polar surface area (TPSA) is 42.1 Å². The highest BCUT2D eigenvalue weighted by molar-refractivity contribution is 7.10. The molecular formula is C20H24FNO3S. The standard InChI is InChI=1S/C20H24FNO3S/c1-4-5-7-15(21)20(2,16-8-6-9-26-16)19(23)24-12-10-13-17-18(25-17)14(11-12)22(13)3/h4-9,12-14,17-18H,10-11H2,1-3H3/b5-4-,15-7-/t12-,13-,14-,17-,18+,20?/m0/s1. The van der Waals surface area contributed by atoms with Crippen molar-refractivity contribution in [2.45, 2.75) is 62.5 Å². The molecule has 0 amide bonds. The van der Waals surface area contributed by atoms with Crippen LogP contribution >= 0.6 is 11.3 Å².